The van der Waals surface area contributed by atoms with Crippen molar-refractivity contribution < 1.29 is 4.74 Å². The molecule has 0 amide bonds. The second kappa shape index (κ2) is 7.36. The Balaban J connectivity index is 1.42. The summed E-state index contributed by atoms with van der Waals surface area (Å²) in [7, 11) is 0. The smallest absolute Gasteiger partial charge is 0.144 e. The molecule has 0 spiro atoms. The molecule has 4 nitrogen and oxygen atoms in total. The lowest BCUT2D eigenvalue weighted by Crippen LogP contribution is -2.15. The van der Waals surface area contributed by atoms with Gasteiger partial charge in [-0.15, -0.1) is 0 Å². The topological polar surface area (TPSA) is 47.0 Å². The number of benzene rings is 1. The van der Waals surface area contributed by atoms with E-state index in [1.807, 2.05) is 6.92 Å². The Morgan fingerprint density at radius 2 is 2.18 bits per heavy atom. The molecule has 22 heavy (non-hydrogen) atoms. The van der Waals surface area contributed by atoms with Crippen molar-refractivity contribution in [1.82, 2.24) is 9.97 Å². The number of nitrogens with zero attached hydrogens (tertiary/aromatic N) is 2. The molecule has 1 aromatic carbocycles. The van der Waals surface area contributed by atoms with Crippen LogP contribution in [0.2, 0.25) is 0 Å². The van der Waals surface area contributed by atoms with Crippen LogP contribution in [0.15, 0.2) is 36.7 Å². The maximum absolute atomic E-state index is 6.10. The van der Waals surface area contributed by atoms with Gasteiger partial charge in [-0.25, -0.2) is 4.98 Å². The number of hydrogen-bond donors (Lipinski definition) is 1. The Morgan fingerprint density at radius 1 is 1.27 bits per heavy atom. The summed E-state index contributed by atoms with van der Waals surface area (Å²) in [5.74, 6) is 0.836. The van der Waals surface area contributed by atoms with E-state index in [1.54, 1.807) is 12.4 Å². The van der Waals surface area contributed by atoms with E-state index in [2.05, 4.69) is 39.6 Å². The van der Waals surface area contributed by atoms with Crippen LogP contribution in [0.25, 0.3) is 0 Å². The summed E-state index contributed by atoms with van der Waals surface area (Å²) in [4.78, 5) is 8.50. The van der Waals surface area contributed by atoms with Crippen molar-refractivity contribution in [3.63, 3.8) is 0 Å². The molecule has 0 saturated heterocycles. The quantitative estimate of drug-likeness (QED) is 0.826. The second-order valence-corrected chi connectivity index (χ2v) is 5.78. The Labute approximate surface area is 132 Å². The first-order chi connectivity index (χ1) is 10.8. The van der Waals surface area contributed by atoms with Crippen molar-refractivity contribution in [3.05, 3.63) is 53.5 Å². The molecule has 1 aliphatic carbocycles. The van der Waals surface area contributed by atoms with Gasteiger partial charge in [-0.05, 0) is 43.7 Å². The van der Waals surface area contributed by atoms with Crippen LogP contribution in [-0.4, -0.2) is 23.1 Å². The van der Waals surface area contributed by atoms with Crippen LogP contribution >= 0.6 is 0 Å². The highest BCUT2D eigenvalue weighted by Gasteiger charge is 2.19. The van der Waals surface area contributed by atoms with E-state index in [-0.39, 0.29) is 6.10 Å². The molecule has 0 radical (unpaired) electrons. The van der Waals surface area contributed by atoms with Crippen LogP contribution in [-0.2, 0) is 11.2 Å². The number of nitrogens with one attached hydrogen (secondary N) is 1. The molecular formula is C18H23N3O. The van der Waals surface area contributed by atoms with Crippen molar-refractivity contribution in [1.29, 1.82) is 0 Å². The predicted octanol–water partition coefficient (Wildman–Crippen LogP) is 3.68. The SMILES string of the molecule is Cc1cncc(NCCCOC2CCCc3ccccc32)n1. The molecule has 0 bridgehead atoms. The van der Waals surface area contributed by atoms with Gasteiger partial charge in [0.1, 0.15) is 5.82 Å². The number of hydrogen-bond acceptors (Lipinski definition) is 4. The molecule has 2 aromatic rings. The summed E-state index contributed by atoms with van der Waals surface area (Å²) in [6, 6.07) is 8.66. The molecule has 0 aliphatic heterocycles. The Hall–Kier alpha value is -1.94. The van der Waals surface area contributed by atoms with Crippen molar-refractivity contribution in [2.45, 2.75) is 38.7 Å². The van der Waals surface area contributed by atoms with Crippen LogP contribution in [0.3, 0.4) is 0 Å². The third-order valence-corrected chi connectivity index (χ3v) is 4.02. The first-order valence-corrected chi connectivity index (χ1v) is 8.05. The van der Waals surface area contributed by atoms with Gasteiger partial charge >= 0.3 is 0 Å². The highest BCUT2D eigenvalue weighted by molar-refractivity contribution is 5.32. The fourth-order valence-corrected chi connectivity index (χ4v) is 2.95. The van der Waals surface area contributed by atoms with Gasteiger partial charge in [0, 0.05) is 19.3 Å². The van der Waals surface area contributed by atoms with Crippen LogP contribution in [0.5, 0.6) is 0 Å². The fourth-order valence-electron chi connectivity index (χ4n) is 2.95. The van der Waals surface area contributed by atoms with E-state index in [0.717, 1.165) is 37.5 Å². The van der Waals surface area contributed by atoms with Crippen molar-refractivity contribution >= 4 is 5.82 Å². The minimum atomic E-state index is 0.267. The van der Waals surface area contributed by atoms with Gasteiger partial charge in [-0.3, -0.25) is 4.98 Å². The lowest BCUT2D eigenvalue weighted by molar-refractivity contribution is 0.0406. The second-order valence-electron chi connectivity index (χ2n) is 5.78. The number of aromatic nitrogens is 2. The average Bonchev–Trinajstić information content (AvgIpc) is 2.55. The maximum atomic E-state index is 6.10. The van der Waals surface area contributed by atoms with E-state index in [4.69, 9.17) is 4.74 Å². The highest BCUT2D eigenvalue weighted by atomic mass is 16.5. The Kier molecular flexibility index (Phi) is 5.01. The molecule has 3 rings (SSSR count). The van der Waals surface area contributed by atoms with Crippen molar-refractivity contribution in [2.24, 2.45) is 0 Å². The van der Waals surface area contributed by atoms with Crippen LogP contribution in [0.1, 0.15) is 42.2 Å². The van der Waals surface area contributed by atoms with Gasteiger partial charge < -0.3 is 10.1 Å². The van der Waals surface area contributed by atoms with Crippen molar-refractivity contribution in [3.8, 4) is 0 Å². The Morgan fingerprint density at radius 3 is 3.09 bits per heavy atom. The van der Waals surface area contributed by atoms with E-state index in [9.17, 15) is 0 Å². The number of anilines is 1. The normalized spacial score (nSPS) is 17.0. The molecule has 1 aromatic heterocycles. The van der Waals surface area contributed by atoms with Crippen LogP contribution in [0.4, 0.5) is 5.82 Å². The molecule has 0 saturated carbocycles. The minimum Gasteiger partial charge on any atom is -0.373 e. The van der Waals surface area contributed by atoms with Crippen molar-refractivity contribution in [2.75, 3.05) is 18.5 Å². The zero-order valence-corrected chi connectivity index (χ0v) is 13.1. The number of rotatable bonds is 6. The van der Waals surface area contributed by atoms with E-state index in [0.29, 0.717) is 0 Å². The molecule has 1 unspecified atom stereocenters. The third kappa shape index (κ3) is 3.83. The van der Waals surface area contributed by atoms with Gasteiger partial charge in [-0.1, -0.05) is 24.3 Å². The van der Waals surface area contributed by atoms with Gasteiger partial charge in [0.15, 0.2) is 0 Å². The van der Waals surface area contributed by atoms with Crippen LogP contribution < -0.4 is 5.32 Å². The minimum absolute atomic E-state index is 0.267. The van der Waals surface area contributed by atoms with Gasteiger partial charge in [-0.2, -0.15) is 0 Å². The number of fused-ring (bicyclic) bond motifs is 1. The largest absolute Gasteiger partial charge is 0.373 e. The number of aryl methyl sites for hydroxylation is 2. The lowest BCUT2D eigenvalue weighted by Gasteiger charge is -2.25. The average molecular weight is 297 g/mol. The molecule has 116 valence electrons. The molecule has 1 aliphatic rings. The van der Waals surface area contributed by atoms with E-state index < -0.39 is 0 Å². The highest BCUT2D eigenvalue weighted by Crippen LogP contribution is 2.32. The fraction of sp³-hybridized carbons (Fsp3) is 0.444. The predicted molar refractivity (Wildman–Crippen MR) is 87.9 cm³/mol. The lowest BCUT2D eigenvalue weighted by atomic mass is 9.89. The maximum Gasteiger partial charge on any atom is 0.144 e. The Bertz CT molecular complexity index is 615. The first kappa shape index (κ1) is 15.0. The molecule has 4 heteroatoms. The van der Waals surface area contributed by atoms with Gasteiger partial charge in [0.25, 0.3) is 0 Å². The number of ether oxygens (including phenoxy) is 1. The summed E-state index contributed by atoms with van der Waals surface area (Å²) in [5, 5.41) is 3.29. The van der Waals surface area contributed by atoms with E-state index >= 15 is 0 Å². The van der Waals surface area contributed by atoms with Gasteiger partial charge in [0.2, 0.25) is 0 Å². The van der Waals surface area contributed by atoms with Gasteiger partial charge in [0.05, 0.1) is 18.0 Å². The van der Waals surface area contributed by atoms with E-state index in [1.165, 1.54) is 24.0 Å². The first-order valence-electron chi connectivity index (χ1n) is 8.05. The zero-order valence-electron chi connectivity index (χ0n) is 13.1. The standard InChI is InChI=1S/C18H23N3O/c1-14-12-19-13-18(21-14)20-10-5-11-22-17-9-4-7-15-6-2-3-8-16(15)17/h2-3,6,8,12-13,17H,4-5,7,9-11H2,1H3,(H,20,21). The summed E-state index contributed by atoms with van der Waals surface area (Å²) < 4.78 is 6.10. The van der Waals surface area contributed by atoms with Crippen LogP contribution in [0, 0.1) is 6.92 Å². The zero-order chi connectivity index (χ0) is 15.2. The molecule has 0 fully saturated rings. The third-order valence-electron chi connectivity index (χ3n) is 4.02. The monoisotopic (exact) mass is 297 g/mol. The molecule has 1 atom stereocenters. The summed E-state index contributed by atoms with van der Waals surface area (Å²) in [6.45, 7) is 3.57. The summed E-state index contributed by atoms with van der Waals surface area (Å²) in [6.07, 6.45) is 8.29. The molecular weight excluding hydrogens is 274 g/mol. The molecule has 1 N–H and O–H groups in total. The molecule has 1 heterocycles. The summed E-state index contributed by atoms with van der Waals surface area (Å²) >= 11 is 0. The summed E-state index contributed by atoms with van der Waals surface area (Å²) in [5.41, 5.74) is 3.76.